The van der Waals surface area contributed by atoms with E-state index in [1.807, 2.05) is 0 Å². The normalized spacial score (nSPS) is 13.9. The Morgan fingerprint density at radius 1 is 0.938 bits per heavy atom. The van der Waals surface area contributed by atoms with E-state index in [-0.39, 0.29) is 0 Å². The van der Waals surface area contributed by atoms with Crippen LogP contribution in [0.25, 0.3) is 0 Å². The molecular weight excluding hydrogens is 212 g/mol. The molecule has 0 N–H and O–H groups in total. The molecule has 0 bridgehead atoms. The molecule has 0 fully saturated rings. The first kappa shape index (κ1) is 13.6. The van der Waals surface area contributed by atoms with Gasteiger partial charge in [0.2, 0.25) is 0 Å². The van der Waals surface area contributed by atoms with E-state index in [1.165, 1.54) is 23.3 Å². The van der Waals surface area contributed by atoms with Crippen molar-refractivity contribution in [1.29, 1.82) is 0 Å². The molecule has 1 aromatic rings. The van der Waals surface area contributed by atoms with E-state index >= 15 is 0 Å². The molecule has 92 valence electrons. The average molecular weight is 238 g/mol. The van der Waals surface area contributed by atoms with E-state index in [1.54, 1.807) is 0 Å². The highest BCUT2D eigenvalue weighted by Crippen LogP contribution is 2.44. The van der Waals surface area contributed by atoms with Crippen LogP contribution in [0.4, 0.5) is 0 Å². The summed E-state index contributed by atoms with van der Waals surface area (Å²) >= 11 is 0. The van der Waals surface area contributed by atoms with Crippen molar-refractivity contribution >= 4 is 10.0 Å². The van der Waals surface area contributed by atoms with E-state index in [2.05, 4.69) is 63.8 Å². The largest absolute Gasteiger partial charge is 0.223 e. The van der Waals surface area contributed by atoms with Crippen LogP contribution < -0.4 is 0 Å². The van der Waals surface area contributed by atoms with Crippen molar-refractivity contribution in [3.05, 3.63) is 29.8 Å². The third-order valence-electron chi connectivity index (χ3n) is 2.79. The van der Waals surface area contributed by atoms with E-state index < -0.39 is 10.0 Å². The molecule has 0 amide bonds. The summed E-state index contributed by atoms with van der Waals surface area (Å²) in [6.45, 7) is 6.92. The first-order chi connectivity index (χ1) is 7.18. The van der Waals surface area contributed by atoms with Gasteiger partial charge in [-0.15, -0.1) is 0 Å². The molecule has 1 rings (SSSR count). The Morgan fingerprint density at radius 3 is 1.81 bits per heavy atom. The monoisotopic (exact) mass is 238 g/mol. The Kier molecular flexibility index (Phi) is 4.12. The summed E-state index contributed by atoms with van der Waals surface area (Å²) in [5.74, 6) is 0. The van der Waals surface area contributed by atoms with Crippen LogP contribution in [0, 0.1) is 5.41 Å². The van der Waals surface area contributed by atoms with Gasteiger partial charge in [-0.05, 0) is 59.6 Å². The quantitative estimate of drug-likeness (QED) is 0.715. The van der Waals surface area contributed by atoms with Crippen LogP contribution in [0.3, 0.4) is 0 Å². The van der Waals surface area contributed by atoms with Gasteiger partial charge in [0.25, 0.3) is 0 Å². The minimum atomic E-state index is -0.563. The first-order valence-electron chi connectivity index (χ1n) is 5.96. The predicted molar refractivity (Wildman–Crippen MR) is 77.8 cm³/mol. The fourth-order valence-corrected chi connectivity index (χ4v) is 2.54. The van der Waals surface area contributed by atoms with Crippen molar-refractivity contribution in [2.24, 2.45) is 5.41 Å². The molecule has 0 spiro atoms. The summed E-state index contributed by atoms with van der Waals surface area (Å²) in [5.41, 5.74) is 1.91. The van der Waals surface area contributed by atoms with Gasteiger partial charge in [0.15, 0.2) is 0 Å². The number of benzene rings is 1. The first-order valence-corrected chi connectivity index (χ1v) is 8.82. The highest BCUT2D eigenvalue weighted by molar-refractivity contribution is 8.32. The van der Waals surface area contributed by atoms with E-state index in [4.69, 9.17) is 0 Å². The lowest BCUT2D eigenvalue weighted by molar-refractivity contribution is 0.378. The van der Waals surface area contributed by atoms with Crippen LogP contribution in [-0.2, 0) is 6.42 Å². The molecule has 1 heteroatoms. The van der Waals surface area contributed by atoms with Crippen molar-refractivity contribution in [2.45, 2.75) is 38.5 Å². The molecule has 0 aromatic heterocycles. The fraction of sp³-hybridized carbons (Fsp3) is 0.600. The Morgan fingerprint density at radius 2 is 1.44 bits per heavy atom. The van der Waals surface area contributed by atoms with Crippen molar-refractivity contribution < 1.29 is 0 Å². The van der Waals surface area contributed by atoms with Crippen LogP contribution in [0.5, 0.6) is 0 Å². The Labute approximate surface area is 103 Å². The van der Waals surface area contributed by atoms with E-state index in [9.17, 15) is 0 Å². The van der Waals surface area contributed by atoms with Crippen molar-refractivity contribution in [1.82, 2.24) is 0 Å². The smallest absolute Gasteiger partial charge is 0.0106 e. The van der Waals surface area contributed by atoms with Gasteiger partial charge in [0, 0.05) is 0 Å². The van der Waals surface area contributed by atoms with Gasteiger partial charge in [-0.2, -0.15) is 0 Å². The zero-order valence-electron chi connectivity index (χ0n) is 11.6. The van der Waals surface area contributed by atoms with Gasteiger partial charge < -0.3 is 0 Å². The molecule has 0 aliphatic carbocycles. The second kappa shape index (κ2) is 4.83. The Balaban J connectivity index is 2.66. The zero-order valence-corrected chi connectivity index (χ0v) is 12.4. The summed E-state index contributed by atoms with van der Waals surface area (Å²) in [6.07, 6.45) is 9.49. The molecule has 0 radical (unpaired) electrons. The Bertz CT molecular complexity index is 322. The van der Waals surface area contributed by atoms with Crippen LogP contribution >= 0.6 is 10.0 Å². The number of hydrogen-bond donors (Lipinski definition) is 0. The molecule has 0 heterocycles. The van der Waals surface area contributed by atoms with Crippen LogP contribution in [-0.4, -0.2) is 18.8 Å². The molecule has 0 unspecified atom stereocenters. The summed E-state index contributed by atoms with van der Waals surface area (Å²) in [6, 6.07) is 9.24. The van der Waals surface area contributed by atoms with Gasteiger partial charge in [0.05, 0.1) is 0 Å². The lowest BCUT2D eigenvalue weighted by Crippen LogP contribution is -2.06. The SMILES string of the molecule is CC(C)(C)CCc1ccc(S(C)(C)C)cc1. The second-order valence-corrected chi connectivity index (χ2v) is 10.7. The van der Waals surface area contributed by atoms with Crippen LogP contribution in [0.1, 0.15) is 32.8 Å². The minimum Gasteiger partial charge on any atom is -0.223 e. The number of aryl methyl sites for hydroxylation is 1. The van der Waals surface area contributed by atoms with Crippen molar-refractivity contribution in [3.63, 3.8) is 0 Å². The maximum atomic E-state index is 2.34. The predicted octanol–water partition coefficient (Wildman–Crippen LogP) is 4.72. The van der Waals surface area contributed by atoms with E-state index in [0.29, 0.717) is 5.41 Å². The summed E-state index contributed by atoms with van der Waals surface area (Å²) in [4.78, 5) is 1.51. The molecule has 0 nitrogen and oxygen atoms in total. The lowest BCUT2D eigenvalue weighted by atomic mass is 9.89. The highest BCUT2D eigenvalue weighted by Gasteiger charge is 2.11. The fourth-order valence-electron chi connectivity index (χ4n) is 1.58. The van der Waals surface area contributed by atoms with Crippen LogP contribution in [0.15, 0.2) is 29.2 Å². The second-order valence-electron chi connectivity index (χ2n) is 6.54. The summed E-state index contributed by atoms with van der Waals surface area (Å²) < 4.78 is 0. The third kappa shape index (κ3) is 4.61. The minimum absolute atomic E-state index is 0.438. The van der Waals surface area contributed by atoms with Gasteiger partial charge >= 0.3 is 0 Å². The standard InChI is InChI=1S/C15H26S/c1-15(2,3)12-11-13-7-9-14(10-8-13)16(4,5)6/h7-10H,11-12H2,1-6H3. The number of hydrogen-bond acceptors (Lipinski definition) is 0. The summed E-state index contributed by atoms with van der Waals surface area (Å²) in [5, 5.41) is 0. The van der Waals surface area contributed by atoms with Gasteiger partial charge in [-0.25, -0.2) is 10.0 Å². The van der Waals surface area contributed by atoms with E-state index in [0.717, 1.165) is 0 Å². The highest BCUT2D eigenvalue weighted by atomic mass is 32.3. The molecule has 0 saturated carbocycles. The molecule has 0 aliphatic rings. The molecular formula is C15H26S. The molecule has 0 aliphatic heterocycles. The zero-order chi connectivity index (χ0) is 12.4. The maximum absolute atomic E-state index is 2.34. The Hall–Kier alpha value is -0.430. The molecule has 0 atom stereocenters. The van der Waals surface area contributed by atoms with Gasteiger partial charge in [0.1, 0.15) is 0 Å². The van der Waals surface area contributed by atoms with Gasteiger partial charge in [-0.3, -0.25) is 0 Å². The van der Waals surface area contributed by atoms with Crippen molar-refractivity contribution in [3.8, 4) is 0 Å². The molecule has 1 aromatic carbocycles. The maximum Gasteiger partial charge on any atom is -0.0106 e. The molecule has 0 saturated heterocycles. The van der Waals surface area contributed by atoms with Crippen LogP contribution in [0.2, 0.25) is 0 Å². The third-order valence-corrected chi connectivity index (χ3v) is 4.48. The average Bonchev–Trinajstić information content (AvgIpc) is 2.13. The summed E-state index contributed by atoms with van der Waals surface area (Å²) in [7, 11) is -0.563. The number of rotatable bonds is 3. The van der Waals surface area contributed by atoms with Crippen molar-refractivity contribution in [2.75, 3.05) is 18.8 Å². The van der Waals surface area contributed by atoms with Gasteiger partial charge in [-0.1, -0.05) is 32.9 Å². The lowest BCUT2D eigenvalue weighted by Gasteiger charge is -2.26. The molecule has 16 heavy (non-hydrogen) atoms. The topological polar surface area (TPSA) is 0 Å².